The van der Waals surface area contributed by atoms with Gasteiger partial charge in [0.15, 0.2) is 11.6 Å². The molecule has 0 atom stereocenters. The number of ether oxygens (including phenoxy) is 1. The zero-order valence-electron chi connectivity index (χ0n) is 16.9. The molecule has 0 unspecified atom stereocenters. The Bertz CT molecular complexity index is 1120. The fourth-order valence-electron chi connectivity index (χ4n) is 3.72. The number of benzene rings is 1. The van der Waals surface area contributed by atoms with Crippen LogP contribution in [0.25, 0.3) is 10.2 Å². The molecule has 1 N–H and O–H groups in total. The molecule has 0 radical (unpaired) electrons. The highest BCUT2D eigenvalue weighted by Crippen LogP contribution is 2.33. The minimum absolute atomic E-state index is 0.0830. The van der Waals surface area contributed by atoms with Gasteiger partial charge in [0.05, 0.1) is 11.9 Å². The summed E-state index contributed by atoms with van der Waals surface area (Å²) < 4.78 is 19.0. The lowest BCUT2D eigenvalue weighted by Crippen LogP contribution is -2.31. The first-order chi connectivity index (χ1) is 14.5. The molecule has 1 aromatic carbocycles. The van der Waals surface area contributed by atoms with Crippen LogP contribution >= 0.6 is 11.3 Å². The van der Waals surface area contributed by atoms with E-state index in [2.05, 4.69) is 9.97 Å². The van der Waals surface area contributed by atoms with Crippen molar-refractivity contribution in [3.05, 3.63) is 56.7 Å². The molecule has 0 fully saturated rings. The van der Waals surface area contributed by atoms with Crippen LogP contribution in [0, 0.1) is 5.82 Å². The first-order valence-electron chi connectivity index (χ1n) is 10.2. The molecule has 2 heterocycles. The van der Waals surface area contributed by atoms with Crippen molar-refractivity contribution in [3.8, 4) is 5.75 Å². The Kier molecular flexibility index (Phi) is 6.13. The van der Waals surface area contributed by atoms with E-state index in [9.17, 15) is 14.0 Å². The number of fused-ring (bicyclic) bond motifs is 3. The van der Waals surface area contributed by atoms with Gasteiger partial charge in [0, 0.05) is 24.8 Å². The first-order valence-corrected chi connectivity index (χ1v) is 11.0. The number of hydrogen-bond donors (Lipinski definition) is 1. The molecule has 8 heteroatoms. The second-order valence-electron chi connectivity index (χ2n) is 7.50. The van der Waals surface area contributed by atoms with Gasteiger partial charge in [-0.05, 0) is 43.4 Å². The van der Waals surface area contributed by atoms with Gasteiger partial charge < -0.3 is 14.6 Å². The second kappa shape index (κ2) is 8.95. The lowest BCUT2D eigenvalue weighted by atomic mass is 9.97. The van der Waals surface area contributed by atoms with Gasteiger partial charge in [-0.3, -0.25) is 9.59 Å². The minimum Gasteiger partial charge on any atom is -0.489 e. The van der Waals surface area contributed by atoms with E-state index in [0.29, 0.717) is 18.8 Å². The lowest BCUT2D eigenvalue weighted by Gasteiger charge is -2.17. The number of aryl methyl sites for hydroxylation is 3. The largest absolute Gasteiger partial charge is 0.489 e. The molecule has 0 saturated carbocycles. The average molecular weight is 430 g/mol. The van der Waals surface area contributed by atoms with E-state index in [-0.39, 0.29) is 30.2 Å². The van der Waals surface area contributed by atoms with Crippen LogP contribution in [0.3, 0.4) is 0 Å². The van der Waals surface area contributed by atoms with Crippen LogP contribution in [0.2, 0.25) is 0 Å². The third-order valence-electron chi connectivity index (χ3n) is 5.40. The van der Waals surface area contributed by atoms with Crippen molar-refractivity contribution >= 4 is 27.5 Å². The Morgan fingerprint density at radius 3 is 2.93 bits per heavy atom. The van der Waals surface area contributed by atoms with E-state index in [0.717, 1.165) is 41.5 Å². The van der Waals surface area contributed by atoms with Crippen LogP contribution in [0.4, 0.5) is 4.39 Å². The second-order valence-corrected chi connectivity index (χ2v) is 8.58. The molecule has 1 aliphatic rings. The minimum atomic E-state index is -0.424. The van der Waals surface area contributed by atoms with Gasteiger partial charge in [-0.1, -0.05) is 12.1 Å². The number of nitrogens with zero attached hydrogens (tertiary/aromatic N) is 2. The SMILES string of the molecule is CN(CCOc1ccccc1F)C(=O)CCc1nc2sc3c(c2c(=O)[nH]1)CCCC3. The van der Waals surface area contributed by atoms with Gasteiger partial charge in [0.25, 0.3) is 5.56 Å². The number of thiophene rings is 1. The number of carbonyl (C=O) groups excluding carboxylic acids is 1. The van der Waals surface area contributed by atoms with Gasteiger partial charge in [-0.15, -0.1) is 11.3 Å². The summed E-state index contributed by atoms with van der Waals surface area (Å²) in [6, 6.07) is 6.18. The van der Waals surface area contributed by atoms with Crippen LogP contribution in [-0.4, -0.2) is 41.0 Å². The summed E-state index contributed by atoms with van der Waals surface area (Å²) in [6.07, 6.45) is 4.83. The lowest BCUT2D eigenvalue weighted by molar-refractivity contribution is -0.130. The predicted molar refractivity (Wildman–Crippen MR) is 115 cm³/mol. The summed E-state index contributed by atoms with van der Waals surface area (Å²) >= 11 is 1.61. The molecule has 0 aliphatic heterocycles. The van der Waals surface area contributed by atoms with E-state index in [1.807, 2.05) is 0 Å². The summed E-state index contributed by atoms with van der Waals surface area (Å²) in [5.41, 5.74) is 1.06. The Hall–Kier alpha value is -2.74. The third kappa shape index (κ3) is 4.38. The highest BCUT2D eigenvalue weighted by molar-refractivity contribution is 7.18. The van der Waals surface area contributed by atoms with Crippen LogP contribution in [0.15, 0.2) is 29.1 Å². The molecule has 2 aromatic heterocycles. The van der Waals surface area contributed by atoms with Crippen molar-refractivity contribution in [1.82, 2.24) is 14.9 Å². The molecule has 30 heavy (non-hydrogen) atoms. The maximum Gasteiger partial charge on any atom is 0.259 e. The number of halogens is 1. The summed E-state index contributed by atoms with van der Waals surface area (Å²) in [7, 11) is 1.68. The Labute approximate surface area is 177 Å². The van der Waals surface area contributed by atoms with Crippen LogP contribution in [0.5, 0.6) is 5.75 Å². The topological polar surface area (TPSA) is 75.3 Å². The summed E-state index contributed by atoms with van der Waals surface area (Å²) in [5, 5.41) is 0.729. The number of aromatic nitrogens is 2. The maximum atomic E-state index is 13.6. The van der Waals surface area contributed by atoms with Crippen LogP contribution < -0.4 is 10.3 Å². The number of para-hydroxylation sites is 1. The van der Waals surface area contributed by atoms with Gasteiger partial charge in [-0.25, -0.2) is 9.37 Å². The fourth-order valence-corrected chi connectivity index (χ4v) is 5.00. The summed E-state index contributed by atoms with van der Waals surface area (Å²) in [6.45, 7) is 0.540. The summed E-state index contributed by atoms with van der Waals surface area (Å²) in [4.78, 5) is 36.1. The van der Waals surface area contributed by atoms with E-state index in [4.69, 9.17) is 4.74 Å². The molecule has 158 valence electrons. The predicted octanol–water partition coefficient (Wildman–Crippen LogP) is 3.47. The molecule has 0 bridgehead atoms. The molecule has 4 rings (SSSR count). The number of rotatable bonds is 7. The highest BCUT2D eigenvalue weighted by atomic mass is 32.1. The maximum absolute atomic E-state index is 13.6. The zero-order chi connectivity index (χ0) is 21.1. The number of likely N-dealkylation sites (N-methyl/N-ethyl adjacent to an activating group) is 1. The molecule has 0 spiro atoms. The highest BCUT2D eigenvalue weighted by Gasteiger charge is 2.20. The Morgan fingerprint density at radius 1 is 1.30 bits per heavy atom. The van der Waals surface area contributed by atoms with E-state index in [1.54, 1.807) is 41.5 Å². The number of aromatic amines is 1. The van der Waals surface area contributed by atoms with Crippen LogP contribution in [0.1, 0.15) is 35.5 Å². The van der Waals surface area contributed by atoms with Gasteiger partial charge in [0.2, 0.25) is 5.91 Å². The normalized spacial score (nSPS) is 13.3. The number of H-pyrrole nitrogens is 1. The van der Waals surface area contributed by atoms with Crippen molar-refractivity contribution < 1.29 is 13.9 Å². The quantitative estimate of drug-likeness (QED) is 0.624. The zero-order valence-corrected chi connectivity index (χ0v) is 17.7. The van der Waals surface area contributed by atoms with Crippen molar-refractivity contribution in [2.45, 2.75) is 38.5 Å². The molecule has 3 aromatic rings. The van der Waals surface area contributed by atoms with E-state index in [1.165, 1.54) is 10.9 Å². The number of carbonyl (C=O) groups is 1. The van der Waals surface area contributed by atoms with E-state index >= 15 is 0 Å². The average Bonchev–Trinajstić information content (AvgIpc) is 3.12. The van der Waals surface area contributed by atoms with Crippen molar-refractivity contribution in [3.63, 3.8) is 0 Å². The van der Waals surface area contributed by atoms with Gasteiger partial charge >= 0.3 is 0 Å². The van der Waals surface area contributed by atoms with Crippen LogP contribution in [-0.2, 0) is 24.1 Å². The first kappa shape index (κ1) is 20.5. The number of amides is 1. The monoisotopic (exact) mass is 429 g/mol. The fraction of sp³-hybridized carbons (Fsp3) is 0.409. The Balaban J connectivity index is 1.33. The number of hydrogen-bond acceptors (Lipinski definition) is 5. The smallest absolute Gasteiger partial charge is 0.259 e. The third-order valence-corrected chi connectivity index (χ3v) is 6.58. The molecule has 1 aliphatic carbocycles. The molecular weight excluding hydrogens is 405 g/mol. The van der Waals surface area contributed by atoms with Gasteiger partial charge in [-0.2, -0.15) is 0 Å². The summed E-state index contributed by atoms with van der Waals surface area (Å²) in [5.74, 6) is 0.204. The Morgan fingerprint density at radius 2 is 2.10 bits per heavy atom. The van der Waals surface area contributed by atoms with Gasteiger partial charge in [0.1, 0.15) is 17.3 Å². The van der Waals surface area contributed by atoms with Crippen molar-refractivity contribution in [1.29, 1.82) is 0 Å². The molecular formula is C22H24FN3O3S. The van der Waals surface area contributed by atoms with Crippen molar-refractivity contribution in [2.24, 2.45) is 0 Å². The van der Waals surface area contributed by atoms with Crippen molar-refractivity contribution in [2.75, 3.05) is 20.2 Å². The standard InChI is InChI=1S/C22H24FN3O3S/c1-26(12-13-29-16-8-4-3-7-15(16)23)19(27)11-10-18-24-21(28)20-14-6-2-5-9-17(14)30-22(20)25-18/h3-4,7-8H,2,5-6,9-13H2,1H3,(H,24,25,28). The molecule has 1 amide bonds. The van der Waals surface area contributed by atoms with E-state index < -0.39 is 5.82 Å². The molecule has 0 saturated heterocycles. The number of nitrogens with one attached hydrogen (secondary N) is 1. The molecule has 6 nitrogen and oxygen atoms in total.